The molecule has 11 heteroatoms. The van der Waals surface area contributed by atoms with Gasteiger partial charge in [0.15, 0.2) is 5.82 Å². The fourth-order valence-electron chi connectivity index (χ4n) is 4.61. The second-order valence-electron chi connectivity index (χ2n) is 9.64. The molecule has 0 N–H and O–H groups in total. The molecule has 4 aromatic rings. The zero-order valence-electron chi connectivity index (χ0n) is 22.1. The Hall–Kier alpha value is -3.73. The molecule has 1 aliphatic rings. The molecule has 1 aliphatic heterocycles. The molecule has 0 unspecified atom stereocenters. The van der Waals surface area contributed by atoms with Crippen LogP contribution >= 0.6 is 11.6 Å². The van der Waals surface area contributed by atoms with Crippen LogP contribution < -0.4 is 4.90 Å². The van der Waals surface area contributed by atoms with E-state index in [-0.39, 0.29) is 23.9 Å². The first-order chi connectivity index (χ1) is 19.3. The lowest BCUT2D eigenvalue weighted by Crippen LogP contribution is -2.44. The largest absolute Gasteiger partial charge is 0.468 e. The lowest BCUT2D eigenvalue weighted by Gasteiger charge is -2.26. The Bertz CT molecular complexity index is 1540. The number of halogens is 1. The number of furan rings is 1. The van der Waals surface area contributed by atoms with Gasteiger partial charge in [0, 0.05) is 31.7 Å². The molecule has 5 rings (SSSR count). The van der Waals surface area contributed by atoms with Gasteiger partial charge in [-0.15, -0.1) is 10.2 Å². The molecule has 0 saturated carbocycles. The van der Waals surface area contributed by atoms with E-state index in [1.54, 1.807) is 41.3 Å². The van der Waals surface area contributed by atoms with Crippen molar-refractivity contribution in [2.75, 3.05) is 37.6 Å². The van der Waals surface area contributed by atoms with Crippen LogP contribution in [0.3, 0.4) is 0 Å². The van der Waals surface area contributed by atoms with Crippen molar-refractivity contribution in [1.82, 2.24) is 19.4 Å². The summed E-state index contributed by atoms with van der Waals surface area (Å²) < 4.78 is 33.6. The van der Waals surface area contributed by atoms with Crippen molar-refractivity contribution in [1.29, 1.82) is 0 Å². The molecule has 208 valence electrons. The Morgan fingerprint density at radius 1 is 0.950 bits per heavy atom. The van der Waals surface area contributed by atoms with E-state index in [0.29, 0.717) is 54.9 Å². The Labute approximate surface area is 239 Å². The predicted octanol–water partition coefficient (Wildman–Crippen LogP) is 4.63. The van der Waals surface area contributed by atoms with Gasteiger partial charge in [0.05, 0.1) is 35.0 Å². The van der Waals surface area contributed by atoms with Gasteiger partial charge in [-0.05, 0) is 55.8 Å². The second-order valence-corrected chi connectivity index (χ2v) is 12.0. The van der Waals surface area contributed by atoms with Gasteiger partial charge in [-0.2, -0.15) is 4.31 Å². The van der Waals surface area contributed by atoms with Crippen LogP contribution in [-0.4, -0.2) is 66.5 Å². The van der Waals surface area contributed by atoms with Gasteiger partial charge in [0.2, 0.25) is 15.9 Å². The standard InChI is InChI=1S/C29H30ClN5O4S/c1-22-9-11-24(12-10-22)40(37,38)35(20-23-6-4-19-39-23)21-29(36)34-16-5-15-33(17-18-34)28-14-13-27(31-32-28)25-7-2-3-8-26(25)30/h2-4,6-14,19H,5,15-18,20-21H2,1H3. The smallest absolute Gasteiger partial charge is 0.243 e. The number of hydrogen-bond acceptors (Lipinski definition) is 7. The van der Waals surface area contributed by atoms with E-state index in [4.69, 9.17) is 16.0 Å². The number of aromatic nitrogens is 2. The van der Waals surface area contributed by atoms with Crippen LogP contribution in [0.2, 0.25) is 5.02 Å². The van der Waals surface area contributed by atoms with Crippen molar-refractivity contribution in [3.8, 4) is 11.3 Å². The highest BCUT2D eigenvalue weighted by atomic mass is 35.5. The topological polar surface area (TPSA) is 99.9 Å². The molecule has 0 atom stereocenters. The van der Waals surface area contributed by atoms with Crippen molar-refractivity contribution in [3.05, 3.63) is 95.4 Å². The first kappa shape index (κ1) is 27.8. The van der Waals surface area contributed by atoms with Gasteiger partial charge >= 0.3 is 0 Å². The molecule has 1 fully saturated rings. The van der Waals surface area contributed by atoms with Gasteiger partial charge in [-0.25, -0.2) is 8.42 Å². The van der Waals surface area contributed by atoms with Crippen LogP contribution in [0.15, 0.2) is 88.4 Å². The van der Waals surface area contributed by atoms with E-state index in [0.717, 1.165) is 11.1 Å². The molecule has 2 aromatic carbocycles. The fourth-order valence-corrected chi connectivity index (χ4v) is 6.20. The number of carbonyl (C=O) groups is 1. The first-order valence-electron chi connectivity index (χ1n) is 13.0. The summed E-state index contributed by atoms with van der Waals surface area (Å²) in [6, 6.07) is 21.3. The normalized spacial score (nSPS) is 14.4. The Morgan fingerprint density at radius 3 is 2.45 bits per heavy atom. The van der Waals surface area contributed by atoms with E-state index in [2.05, 4.69) is 15.1 Å². The summed E-state index contributed by atoms with van der Waals surface area (Å²) in [6.07, 6.45) is 2.20. The third-order valence-electron chi connectivity index (χ3n) is 6.86. The van der Waals surface area contributed by atoms with Crippen molar-refractivity contribution in [2.24, 2.45) is 0 Å². The first-order valence-corrected chi connectivity index (χ1v) is 14.8. The van der Waals surface area contributed by atoms with Crippen LogP contribution in [0.1, 0.15) is 17.7 Å². The highest BCUT2D eigenvalue weighted by Crippen LogP contribution is 2.26. The van der Waals surface area contributed by atoms with Gasteiger partial charge in [0.25, 0.3) is 0 Å². The van der Waals surface area contributed by atoms with Gasteiger partial charge < -0.3 is 14.2 Å². The summed E-state index contributed by atoms with van der Waals surface area (Å²) in [4.78, 5) is 17.4. The maximum atomic E-state index is 13.5. The van der Waals surface area contributed by atoms with Crippen molar-refractivity contribution in [3.63, 3.8) is 0 Å². The van der Waals surface area contributed by atoms with E-state index in [9.17, 15) is 13.2 Å². The minimum absolute atomic E-state index is 0.0394. The highest BCUT2D eigenvalue weighted by molar-refractivity contribution is 7.89. The number of nitrogens with zero attached hydrogens (tertiary/aromatic N) is 5. The molecular formula is C29H30ClN5O4S. The number of benzene rings is 2. The van der Waals surface area contributed by atoms with Crippen molar-refractivity contribution >= 4 is 33.3 Å². The van der Waals surface area contributed by atoms with E-state index >= 15 is 0 Å². The van der Waals surface area contributed by atoms with Crippen molar-refractivity contribution < 1.29 is 17.6 Å². The second kappa shape index (κ2) is 12.2. The molecule has 0 spiro atoms. The van der Waals surface area contributed by atoms with Gasteiger partial charge in [-0.3, -0.25) is 4.79 Å². The van der Waals surface area contributed by atoms with Crippen LogP contribution in [0, 0.1) is 6.92 Å². The molecule has 2 aromatic heterocycles. The van der Waals surface area contributed by atoms with Crippen LogP contribution in [0.4, 0.5) is 5.82 Å². The van der Waals surface area contributed by atoms with Gasteiger partial charge in [0.1, 0.15) is 5.76 Å². The molecule has 0 bridgehead atoms. The summed E-state index contributed by atoms with van der Waals surface area (Å²) in [5.41, 5.74) is 2.45. The maximum absolute atomic E-state index is 13.5. The Morgan fingerprint density at radius 2 is 1.75 bits per heavy atom. The summed E-state index contributed by atoms with van der Waals surface area (Å²) in [5.74, 6) is 0.917. The monoisotopic (exact) mass is 579 g/mol. The number of sulfonamides is 1. The van der Waals surface area contributed by atoms with Crippen LogP contribution in [0.5, 0.6) is 0 Å². The molecule has 9 nitrogen and oxygen atoms in total. The lowest BCUT2D eigenvalue weighted by atomic mass is 10.1. The third-order valence-corrected chi connectivity index (χ3v) is 8.99. The van der Waals surface area contributed by atoms with Gasteiger partial charge in [-0.1, -0.05) is 47.5 Å². The third kappa shape index (κ3) is 6.35. The summed E-state index contributed by atoms with van der Waals surface area (Å²) >= 11 is 6.30. The van der Waals surface area contributed by atoms with Crippen LogP contribution in [-0.2, 0) is 21.4 Å². The van der Waals surface area contributed by atoms with E-state index in [1.165, 1.54) is 10.6 Å². The molecular weight excluding hydrogens is 550 g/mol. The van der Waals surface area contributed by atoms with E-state index in [1.807, 2.05) is 43.3 Å². The zero-order chi connectivity index (χ0) is 28.1. The minimum atomic E-state index is -3.93. The Kier molecular flexibility index (Phi) is 8.49. The zero-order valence-corrected chi connectivity index (χ0v) is 23.7. The number of aryl methyl sites for hydroxylation is 1. The molecule has 1 saturated heterocycles. The number of carbonyl (C=O) groups excluding carboxylic acids is 1. The number of rotatable bonds is 8. The minimum Gasteiger partial charge on any atom is -0.468 e. The highest BCUT2D eigenvalue weighted by Gasteiger charge is 2.30. The lowest BCUT2D eigenvalue weighted by molar-refractivity contribution is -0.131. The molecule has 3 heterocycles. The molecule has 1 amide bonds. The van der Waals surface area contributed by atoms with Crippen LogP contribution in [0.25, 0.3) is 11.3 Å². The number of hydrogen-bond donors (Lipinski definition) is 0. The number of amides is 1. The molecule has 40 heavy (non-hydrogen) atoms. The fraction of sp³-hybridized carbons (Fsp3) is 0.276. The summed E-state index contributed by atoms with van der Waals surface area (Å²) in [6.45, 7) is 3.76. The molecule has 0 radical (unpaired) electrons. The average molecular weight is 580 g/mol. The SMILES string of the molecule is Cc1ccc(S(=O)(=O)N(CC(=O)N2CCCN(c3ccc(-c4ccccc4Cl)nn3)CC2)Cc2ccco2)cc1. The number of anilines is 1. The predicted molar refractivity (Wildman–Crippen MR) is 153 cm³/mol. The molecule has 0 aliphatic carbocycles. The summed E-state index contributed by atoms with van der Waals surface area (Å²) in [7, 11) is -3.93. The van der Waals surface area contributed by atoms with Crippen molar-refractivity contribution in [2.45, 2.75) is 24.8 Å². The quantitative estimate of drug-likeness (QED) is 0.300. The Balaban J connectivity index is 1.27. The average Bonchev–Trinajstić information content (AvgIpc) is 3.35. The van der Waals surface area contributed by atoms with E-state index < -0.39 is 10.0 Å². The maximum Gasteiger partial charge on any atom is 0.243 e. The summed E-state index contributed by atoms with van der Waals surface area (Å²) in [5, 5.41) is 9.39.